The lowest BCUT2D eigenvalue weighted by molar-refractivity contribution is -0.131. The molecular weight excluding hydrogens is 288 g/mol. The quantitative estimate of drug-likeness (QED) is 0.837. The van der Waals surface area contributed by atoms with Crippen LogP contribution in [0, 0.1) is 0 Å². The Labute approximate surface area is 126 Å². The number of carbonyl (C=O) groups is 1. The van der Waals surface area contributed by atoms with Crippen LogP contribution in [0.5, 0.6) is 0 Å². The van der Waals surface area contributed by atoms with Crippen LogP contribution in [0.2, 0.25) is 0 Å². The van der Waals surface area contributed by atoms with Crippen LogP contribution < -0.4 is 4.72 Å². The van der Waals surface area contributed by atoms with Gasteiger partial charge in [0, 0.05) is 18.3 Å². The van der Waals surface area contributed by atoms with E-state index >= 15 is 0 Å². The molecule has 0 unspecified atom stereocenters. The van der Waals surface area contributed by atoms with Crippen LogP contribution >= 0.6 is 0 Å². The molecule has 21 heavy (non-hydrogen) atoms. The molecule has 1 aliphatic carbocycles. The first-order valence-electron chi connectivity index (χ1n) is 7.25. The van der Waals surface area contributed by atoms with Crippen LogP contribution in [0.25, 0.3) is 0 Å². The summed E-state index contributed by atoms with van der Waals surface area (Å²) in [7, 11) is -3.30. The van der Waals surface area contributed by atoms with Gasteiger partial charge in [0.05, 0.1) is 12.7 Å². The normalized spacial score (nSPS) is 14.8. The molecule has 0 spiro atoms. The van der Waals surface area contributed by atoms with E-state index in [1.54, 1.807) is 18.2 Å². The average molecular weight is 310 g/mol. The summed E-state index contributed by atoms with van der Waals surface area (Å²) in [6, 6.07) is 7.42. The van der Waals surface area contributed by atoms with Gasteiger partial charge in [-0.1, -0.05) is 19.1 Å². The zero-order valence-electron chi connectivity index (χ0n) is 12.5. The zero-order chi connectivity index (χ0) is 15.5. The van der Waals surface area contributed by atoms with E-state index in [2.05, 4.69) is 11.6 Å². The van der Waals surface area contributed by atoms with E-state index < -0.39 is 10.0 Å². The molecule has 0 radical (unpaired) electrons. The number of nitrogens with one attached hydrogen (secondary N) is 1. The fraction of sp³-hybridized carbons (Fsp3) is 0.533. The molecule has 5 nitrogen and oxygen atoms in total. The van der Waals surface area contributed by atoms with Gasteiger partial charge in [0.2, 0.25) is 15.9 Å². The molecular formula is C15H22N2O3S. The first-order chi connectivity index (χ1) is 9.89. The van der Waals surface area contributed by atoms with Crippen LogP contribution in [0.15, 0.2) is 24.3 Å². The average Bonchev–Trinajstić information content (AvgIpc) is 3.18. The Hall–Kier alpha value is -1.56. The van der Waals surface area contributed by atoms with Crippen LogP contribution in [0.1, 0.15) is 31.7 Å². The maximum Gasteiger partial charge on any atom is 0.229 e. The molecule has 1 aromatic carbocycles. The van der Waals surface area contributed by atoms with Crippen LogP contribution in [0.3, 0.4) is 0 Å². The van der Waals surface area contributed by atoms with Gasteiger partial charge >= 0.3 is 0 Å². The largest absolute Gasteiger partial charge is 0.339 e. The van der Waals surface area contributed by atoms with Crippen LogP contribution in [0.4, 0.5) is 5.69 Å². The van der Waals surface area contributed by atoms with Crippen molar-refractivity contribution in [1.82, 2.24) is 4.90 Å². The van der Waals surface area contributed by atoms with Crippen molar-refractivity contribution in [1.29, 1.82) is 0 Å². The van der Waals surface area contributed by atoms with Crippen molar-refractivity contribution in [3.05, 3.63) is 29.8 Å². The lowest BCUT2D eigenvalue weighted by Gasteiger charge is -2.22. The van der Waals surface area contributed by atoms with Gasteiger partial charge < -0.3 is 4.90 Å². The van der Waals surface area contributed by atoms with E-state index in [0.29, 0.717) is 18.2 Å². The highest BCUT2D eigenvalue weighted by molar-refractivity contribution is 7.92. The summed E-state index contributed by atoms with van der Waals surface area (Å²) in [5.74, 6) is 0.121. The molecule has 1 saturated carbocycles. The highest BCUT2D eigenvalue weighted by Crippen LogP contribution is 2.27. The Morgan fingerprint density at radius 2 is 2.10 bits per heavy atom. The third kappa shape index (κ3) is 5.04. The monoisotopic (exact) mass is 310 g/mol. The Kier molecular flexibility index (Phi) is 4.88. The number of rotatable bonds is 7. The zero-order valence-corrected chi connectivity index (χ0v) is 13.3. The number of anilines is 1. The van der Waals surface area contributed by atoms with Gasteiger partial charge in [0.25, 0.3) is 0 Å². The number of carbonyl (C=O) groups excluding carboxylic acids is 1. The Morgan fingerprint density at radius 3 is 2.67 bits per heavy atom. The number of nitrogens with zero attached hydrogens (tertiary/aromatic N) is 1. The molecule has 0 bridgehead atoms. The fourth-order valence-corrected chi connectivity index (χ4v) is 2.93. The summed E-state index contributed by atoms with van der Waals surface area (Å²) >= 11 is 0. The topological polar surface area (TPSA) is 66.5 Å². The Balaban J connectivity index is 2.04. The Morgan fingerprint density at radius 1 is 1.38 bits per heavy atom. The van der Waals surface area contributed by atoms with E-state index in [-0.39, 0.29) is 5.91 Å². The molecule has 0 atom stereocenters. The lowest BCUT2D eigenvalue weighted by atomic mass is 10.1. The van der Waals surface area contributed by atoms with Gasteiger partial charge in [-0.05, 0) is 37.0 Å². The van der Waals surface area contributed by atoms with Crippen molar-refractivity contribution in [2.24, 2.45) is 0 Å². The molecule has 1 fully saturated rings. The summed E-state index contributed by atoms with van der Waals surface area (Å²) in [5, 5.41) is 0. The maximum absolute atomic E-state index is 12.4. The van der Waals surface area contributed by atoms with Gasteiger partial charge in [0.1, 0.15) is 0 Å². The van der Waals surface area contributed by atoms with Crippen molar-refractivity contribution in [3.63, 3.8) is 0 Å². The maximum atomic E-state index is 12.4. The van der Waals surface area contributed by atoms with Crippen molar-refractivity contribution < 1.29 is 13.2 Å². The summed E-state index contributed by atoms with van der Waals surface area (Å²) < 4.78 is 24.9. The third-order valence-electron chi connectivity index (χ3n) is 3.36. The second-order valence-electron chi connectivity index (χ2n) is 5.57. The molecule has 2 rings (SSSR count). The molecule has 0 heterocycles. The third-order valence-corrected chi connectivity index (χ3v) is 3.96. The van der Waals surface area contributed by atoms with Crippen molar-refractivity contribution in [3.8, 4) is 0 Å². The van der Waals surface area contributed by atoms with Gasteiger partial charge in [-0.15, -0.1) is 0 Å². The molecule has 1 N–H and O–H groups in total. The highest BCUT2D eigenvalue weighted by Gasteiger charge is 2.31. The summed E-state index contributed by atoms with van der Waals surface area (Å²) in [5.41, 5.74) is 1.33. The number of amides is 1. The number of sulfonamides is 1. The van der Waals surface area contributed by atoms with Gasteiger partial charge in [-0.3, -0.25) is 9.52 Å². The predicted molar refractivity (Wildman–Crippen MR) is 83.6 cm³/mol. The molecule has 0 saturated heterocycles. The molecule has 0 aliphatic heterocycles. The standard InChI is InChI=1S/C15H22N2O3S/c1-3-9-17(14-7-8-14)15(18)11-12-5-4-6-13(10-12)16-21(2,19)20/h4-6,10,14,16H,3,7-9,11H2,1-2H3. The summed E-state index contributed by atoms with van der Waals surface area (Å²) in [6.07, 6.45) is 4.58. The molecule has 6 heteroatoms. The van der Waals surface area contributed by atoms with Crippen molar-refractivity contribution in [2.45, 2.75) is 38.6 Å². The fourth-order valence-electron chi connectivity index (χ4n) is 2.37. The minimum atomic E-state index is -3.30. The van der Waals surface area contributed by atoms with Gasteiger partial charge in [-0.25, -0.2) is 8.42 Å². The number of hydrogen-bond donors (Lipinski definition) is 1. The van der Waals surface area contributed by atoms with E-state index in [1.807, 2.05) is 11.0 Å². The second-order valence-corrected chi connectivity index (χ2v) is 7.32. The number of benzene rings is 1. The minimum Gasteiger partial charge on any atom is -0.339 e. The first-order valence-corrected chi connectivity index (χ1v) is 9.14. The molecule has 1 aliphatic rings. The van der Waals surface area contributed by atoms with E-state index in [9.17, 15) is 13.2 Å². The smallest absolute Gasteiger partial charge is 0.229 e. The molecule has 1 amide bonds. The van der Waals surface area contributed by atoms with Gasteiger partial charge in [-0.2, -0.15) is 0 Å². The van der Waals surface area contributed by atoms with Crippen molar-refractivity contribution >= 4 is 21.6 Å². The van der Waals surface area contributed by atoms with Crippen LogP contribution in [-0.2, 0) is 21.2 Å². The van der Waals surface area contributed by atoms with Gasteiger partial charge in [0.15, 0.2) is 0 Å². The molecule has 116 valence electrons. The van der Waals surface area contributed by atoms with Crippen molar-refractivity contribution in [2.75, 3.05) is 17.5 Å². The van der Waals surface area contributed by atoms with E-state index in [1.165, 1.54) is 0 Å². The number of hydrogen-bond acceptors (Lipinski definition) is 3. The summed E-state index contributed by atoms with van der Waals surface area (Å²) in [4.78, 5) is 14.3. The molecule has 0 aromatic heterocycles. The summed E-state index contributed by atoms with van der Waals surface area (Å²) in [6.45, 7) is 2.87. The minimum absolute atomic E-state index is 0.121. The Bertz CT molecular complexity index is 609. The first kappa shape index (κ1) is 15.8. The second kappa shape index (κ2) is 6.47. The van der Waals surface area contributed by atoms with Crippen LogP contribution in [-0.4, -0.2) is 38.1 Å². The predicted octanol–water partition coefficient (Wildman–Crippen LogP) is 2.00. The SMILES string of the molecule is CCCN(C(=O)Cc1cccc(NS(C)(=O)=O)c1)C1CC1. The molecule has 1 aromatic rings. The van der Waals surface area contributed by atoms with E-state index in [4.69, 9.17) is 0 Å². The van der Waals surface area contributed by atoms with E-state index in [0.717, 1.165) is 37.6 Å². The lowest BCUT2D eigenvalue weighted by Crippen LogP contribution is -2.34. The highest BCUT2D eigenvalue weighted by atomic mass is 32.2.